The minimum Gasteiger partial charge on any atom is -0.394 e. The maximum atomic E-state index is 11.4. The van der Waals surface area contributed by atoms with Crippen LogP contribution >= 0.6 is 0 Å². The van der Waals surface area contributed by atoms with E-state index in [9.17, 15) is 4.79 Å². The number of carbonyl (C=O) groups is 1. The summed E-state index contributed by atoms with van der Waals surface area (Å²) in [5, 5.41) is 14.2. The number of aliphatic hydroxyl groups is 1. The molecule has 5 heteroatoms. The number of carbonyl (C=O) groups excluding carboxylic acids is 1. The molecule has 1 unspecified atom stereocenters. The van der Waals surface area contributed by atoms with Crippen molar-refractivity contribution in [2.24, 2.45) is 0 Å². The molecule has 1 atom stereocenters. The molecule has 108 valence electrons. The fourth-order valence-electron chi connectivity index (χ4n) is 1.90. The van der Waals surface area contributed by atoms with Gasteiger partial charge in [0, 0.05) is 25.2 Å². The second kappa shape index (κ2) is 9.16. The van der Waals surface area contributed by atoms with Crippen molar-refractivity contribution in [2.45, 2.75) is 59.2 Å². The largest absolute Gasteiger partial charge is 0.394 e. The van der Waals surface area contributed by atoms with E-state index >= 15 is 0 Å². The highest BCUT2D eigenvalue weighted by Gasteiger charge is 2.12. The highest BCUT2D eigenvalue weighted by atomic mass is 16.3. The van der Waals surface area contributed by atoms with Gasteiger partial charge in [-0.25, -0.2) is 4.79 Å². The molecule has 0 aliphatic carbocycles. The molecule has 0 aliphatic rings. The Labute approximate surface area is 111 Å². The summed E-state index contributed by atoms with van der Waals surface area (Å²) in [4.78, 5) is 13.8. The number of nitrogens with zero attached hydrogens (tertiary/aromatic N) is 1. The first kappa shape index (κ1) is 17.2. The Morgan fingerprint density at radius 3 is 2.17 bits per heavy atom. The average molecular weight is 259 g/mol. The van der Waals surface area contributed by atoms with Crippen LogP contribution in [0.1, 0.15) is 41.0 Å². The number of nitrogens with one attached hydrogen (secondary N) is 2. The molecule has 0 saturated heterocycles. The molecule has 5 nitrogen and oxygen atoms in total. The van der Waals surface area contributed by atoms with Crippen LogP contribution in [0.3, 0.4) is 0 Å². The quantitative estimate of drug-likeness (QED) is 0.573. The first-order valence-electron chi connectivity index (χ1n) is 6.79. The Balaban J connectivity index is 3.75. The third-order valence-electron chi connectivity index (χ3n) is 2.86. The summed E-state index contributed by atoms with van der Waals surface area (Å²) in [7, 11) is 0. The third-order valence-corrected chi connectivity index (χ3v) is 2.86. The number of rotatable bonds is 8. The number of hydrogen-bond donors (Lipinski definition) is 3. The number of urea groups is 1. The maximum Gasteiger partial charge on any atom is 0.315 e. The fraction of sp³-hybridized carbons (Fsp3) is 0.923. The smallest absolute Gasteiger partial charge is 0.315 e. The summed E-state index contributed by atoms with van der Waals surface area (Å²) in [5.74, 6) is 0. The van der Waals surface area contributed by atoms with E-state index in [0.29, 0.717) is 18.6 Å². The van der Waals surface area contributed by atoms with E-state index in [2.05, 4.69) is 43.2 Å². The van der Waals surface area contributed by atoms with Crippen LogP contribution in [0.25, 0.3) is 0 Å². The van der Waals surface area contributed by atoms with Crippen LogP contribution in [0, 0.1) is 0 Å². The van der Waals surface area contributed by atoms with Gasteiger partial charge in [-0.2, -0.15) is 0 Å². The van der Waals surface area contributed by atoms with Crippen LogP contribution in [-0.4, -0.2) is 53.9 Å². The lowest BCUT2D eigenvalue weighted by Gasteiger charge is -2.30. The molecule has 2 amide bonds. The summed E-state index contributed by atoms with van der Waals surface area (Å²) in [6.07, 6.45) is 0.928. The molecule has 0 aromatic rings. The Morgan fingerprint density at radius 2 is 1.72 bits per heavy atom. The summed E-state index contributed by atoms with van der Waals surface area (Å²) >= 11 is 0. The van der Waals surface area contributed by atoms with Gasteiger partial charge in [0.05, 0.1) is 12.6 Å². The molecule has 0 saturated carbocycles. The molecule has 0 fully saturated rings. The Bertz CT molecular complexity index is 224. The zero-order valence-corrected chi connectivity index (χ0v) is 12.4. The lowest BCUT2D eigenvalue weighted by Crippen LogP contribution is -2.43. The molecule has 0 aromatic heterocycles. The summed E-state index contributed by atoms with van der Waals surface area (Å²) in [6, 6.07) is 0.631. The third kappa shape index (κ3) is 7.50. The van der Waals surface area contributed by atoms with Crippen molar-refractivity contribution < 1.29 is 9.90 Å². The highest BCUT2D eigenvalue weighted by molar-refractivity contribution is 5.74. The van der Waals surface area contributed by atoms with Crippen molar-refractivity contribution in [2.75, 3.05) is 19.7 Å². The first-order chi connectivity index (χ1) is 8.38. The van der Waals surface area contributed by atoms with Crippen LogP contribution in [0.2, 0.25) is 0 Å². The molecule has 0 heterocycles. The van der Waals surface area contributed by atoms with Crippen molar-refractivity contribution in [1.29, 1.82) is 0 Å². The fourth-order valence-corrected chi connectivity index (χ4v) is 1.90. The van der Waals surface area contributed by atoms with Crippen molar-refractivity contribution in [3.63, 3.8) is 0 Å². The van der Waals surface area contributed by atoms with E-state index in [4.69, 9.17) is 5.11 Å². The van der Waals surface area contributed by atoms with Crippen molar-refractivity contribution >= 4 is 6.03 Å². The molecule has 0 rings (SSSR count). The number of amides is 2. The molecule has 0 aliphatic heterocycles. The van der Waals surface area contributed by atoms with Gasteiger partial charge in [-0.05, 0) is 41.0 Å². The summed E-state index contributed by atoms with van der Waals surface area (Å²) < 4.78 is 0. The van der Waals surface area contributed by atoms with E-state index in [1.165, 1.54) is 0 Å². The SMILES string of the molecule is CC(CO)NC(=O)NCCCN(C(C)C)C(C)C. The van der Waals surface area contributed by atoms with Gasteiger partial charge in [-0.1, -0.05) is 0 Å². The monoisotopic (exact) mass is 259 g/mol. The van der Waals surface area contributed by atoms with Gasteiger partial charge in [-0.3, -0.25) is 4.90 Å². The van der Waals surface area contributed by atoms with Gasteiger partial charge >= 0.3 is 6.03 Å². The van der Waals surface area contributed by atoms with Gasteiger partial charge < -0.3 is 15.7 Å². The van der Waals surface area contributed by atoms with Crippen molar-refractivity contribution in [3.8, 4) is 0 Å². The van der Waals surface area contributed by atoms with E-state index < -0.39 is 0 Å². The zero-order valence-electron chi connectivity index (χ0n) is 12.4. The van der Waals surface area contributed by atoms with E-state index in [1.807, 2.05) is 0 Å². The van der Waals surface area contributed by atoms with Gasteiger partial charge in [-0.15, -0.1) is 0 Å². The van der Waals surface area contributed by atoms with Crippen LogP contribution in [-0.2, 0) is 0 Å². The van der Waals surface area contributed by atoms with Gasteiger partial charge in [0.2, 0.25) is 0 Å². The van der Waals surface area contributed by atoms with Gasteiger partial charge in [0.15, 0.2) is 0 Å². The highest BCUT2D eigenvalue weighted by Crippen LogP contribution is 2.05. The van der Waals surface area contributed by atoms with Crippen molar-refractivity contribution in [3.05, 3.63) is 0 Å². The van der Waals surface area contributed by atoms with Crippen LogP contribution in [0.5, 0.6) is 0 Å². The Morgan fingerprint density at radius 1 is 1.17 bits per heavy atom. The molecule has 0 spiro atoms. The van der Waals surface area contributed by atoms with Crippen LogP contribution < -0.4 is 10.6 Å². The predicted octanol–water partition coefficient (Wildman–Crippen LogP) is 1.18. The molecule has 0 bridgehead atoms. The number of aliphatic hydroxyl groups excluding tert-OH is 1. The molecule has 0 aromatic carbocycles. The maximum absolute atomic E-state index is 11.4. The Kier molecular flexibility index (Phi) is 8.75. The van der Waals surface area contributed by atoms with Gasteiger partial charge in [0.25, 0.3) is 0 Å². The second-order valence-electron chi connectivity index (χ2n) is 5.26. The van der Waals surface area contributed by atoms with Crippen LogP contribution in [0.15, 0.2) is 0 Å². The van der Waals surface area contributed by atoms with Crippen molar-refractivity contribution in [1.82, 2.24) is 15.5 Å². The average Bonchev–Trinajstić information content (AvgIpc) is 2.27. The zero-order chi connectivity index (χ0) is 14.1. The number of hydrogen-bond acceptors (Lipinski definition) is 3. The van der Waals surface area contributed by atoms with E-state index in [-0.39, 0.29) is 18.7 Å². The standard InChI is InChI=1S/C13H29N3O2/c1-10(2)16(11(3)4)8-6-7-14-13(18)15-12(5)9-17/h10-12,17H,6-9H2,1-5H3,(H2,14,15,18). The minimum atomic E-state index is -0.211. The molecular weight excluding hydrogens is 230 g/mol. The first-order valence-corrected chi connectivity index (χ1v) is 6.79. The Hall–Kier alpha value is -0.810. The lowest BCUT2D eigenvalue weighted by molar-refractivity contribution is 0.172. The normalized spacial score (nSPS) is 13.2. The molecular formula is C13H29N3O2. The predicted molar refractivity (Wildman–Crippen MR) is 74.7 cm³/mol. The topological polar surface area (TPSA) is 64.6 Å². The van der Waals surface area contributed by atoms with Crippen LogP contribution in [0.4, 0.5) is 4.79 Å². The van der Waals surface area contributed by atoms with E-state index in [0.717, 1.165) is 13.0 Å². The summed E-state index contributed by atoms with van der Waals surface area (Å²) in [5.41, 5.74) is 0. The molecule has 0 radical (unpaired) electrons. The minimum absolute atomic E-state index is 0.0398. The van der Waals surface area contributed by atoms with Gasteiger partial charge in [0.1, 0.15) is 0 Å². The second-order valence-corrected chi connectivity index (χ2v) is 5.26. The molecule has 18 heavy (non-hydrogen) atoms. The lowest BCUT2D eigenvalue weighted by atomic mass is 10.2. The summed E-state index contributed by atoms with van der Waals surface area (Å²) in [6.45, 7) is 12.1. The molecule has 3 N–H and O–H groups in total. The van der Waals surface area contributed by atoms with E-state index in [1.54, 1.807) is 6.92 Å².